The number of aromatic nitrogens is 4. The fourth-order valence-electron chi connectivity index (χ4n) is 2.11. The van der Waals surface area contributed by atoms with Crippen LogP contribution in [0.2, 0.25) is 0 Å². The molecule has 3 rings (SSSR count). The molecule has 0 radical (unpaired) electrons. The van der Waals surface area contributed by atoms with Crippen LogP contribution in [0.15, 0.2) is 9.69 Å². The molecule has 14 heteroatoms. The third kappa shape index (κ3) is 3.67. The molecule has 3 aromatic heterocycles. The quantitative estimate of drug-likeness (QED) is 0.292. The van der Waals surface area contributed by atoms with Gasteiger partial charge in [0, 0.05) is 0 Å². The second-order valence-electron chi connectivity index (χ2n) is 4.80. The number of nitrogen functional groups attached to an aromatic ring is 1. The SMILES string of the molecule is CSc1c(C(O)COP(=O)(O)O)sc2nc3nc(N)[nH]c(=O)c3nc12. The Balaban J connectivity index is 2.14. The number of thiophene rings is 1. The van der Waals surface area contributed by atoms with Gasteiger partial charge in [0.05, 0.1) is 16.4 Å². The Kier molecular flexibility index (Phi) is 4.81. The number of hydrogen-bond acceptors (Lipinski definition) is 10. The molecule has 0 amide bonds. The van der Waals surface area contributed by atoms with Crippen molar-refractivity contribution in [2.75, 3.05) is 18.6 Å². The predicted octanol–water partition coefficient (Wildman–Crippen LogP) is 0.375. The first-order chi connectivity index (χ1) is 11.7. The van der Waals surface area contributed by atoms with Crippen molar-refractivity contribution < 1.29 is 24.0 Å². The number of hydrogen-bond donors (Lipinski definition) is 5. The summed E-state index contributed by atoms with van der Waals surface area (Å²) in [7, 11) is -4.71. The summed E-state index contributed by atoms with van der Waals surface area (Å²) in [6.45, 7) is -0.601. The molecule has 0 saturated carbocycles. The number of aliphatic hydroxyl groups is 1. The number of nitrogens with one attached hydrogen (secondary N) is 1. The maximum Gasteiger partial charge on any atom is 0.469 e. The first kappa shape index (κ1) is 18.2. The van der Waals surface area contributed by atoms with E-state index in [-0.39, 0.29) is 17.1 Å². The van der Waals surface area contributed by atoms with Crippen molar-refractivity contribution in [2.45, 2.75) is 11.0 Å². The second-order valence-corrected chi connectivity index (χ2v) is 7.89. The van der Waals surface area contributed by atoms with E-state index in [4.69, 9.17) is 15.5 Å². The normalized spacial score (nSPS) is 13.6. The molecule has 0 bridgehead atoms. The van der Waals surface area contributed by atoms with Crippen molar-refractivity contribution in [3.8, 4) is 0 Å². The van der Waals surface area contributed by atoms with E-state index in [1.54, 1.807) is 6.26 Å². The highest BCUT2D eigenvalue weighted by molar-refractivity contribution is 7.99. The minimum Gasteiger partial charge on any atom is -0.385 e. The summed E-state index contributed by atoms with van der Waals surface area (Å²) in [6, 6.07) is 0. The molecular formula is C11H12N5O6PS2. The molecule has 134 valence electrons. The molecule has 6 N–H and O–H groups in total. The monoisotopic (exact) mass is 405 g/mol. The van der Waals surface area contributed by atoms with Gasteiger partial charge in [-0.2, -0.15) is 4.98 Å². The van der Waals surface area contributed by atoms with Crippen LogP contribution in [0.1, 0.15) is 11.0 Å². The van der Waals surface area contributed by atoms with Crippen LogP contribution >= 0.6 is 30.9 Å². The maximum absolute atomic E-state index is 12.0. The number of rotatable bonds is 5. The molecule has 25 heavy (non-hydrogen) atoms. The number of phosphoric acid groups is 1. The van der Waals surface area contributed by atoms with E-state index in [1.807, 2.05) is 0 Å². The molecule has 0 aromatic carbocycles. The molecule has 0 aliphatic rings. The molecule has 3 aromatic rings. The van der Waals surface area contributed by atoms with E-state index in [1.165, 1.54) is 11.8 Å². The first-order valence-corrected chi connectivity index (χ1v) is 10.2. The van der Waals surface area contributed by atoms with Gasteiger partial charge in [-0.15, -0.1) is 23.1 Å². The Morgan fingerprint density at radius 2 is 2.08 bits per heavy atom. The summed E-state index contributed by atoms with van der Waals surface area (Å²) in [6.07, 6.45) is 0.439. The average molecular weight is 405 g/mol. The highest BCUT2D eigenvalue weighted by atomic mass is 32.2. The molecular weight excluding hydrogens is 393 g/mol. The third-order valence-corrected chi connectivity index (χ3v) is 5.69. The third-order valence-electron chi connectivity index (χ3n) is 3.08. The molecule has 1 unspecified atom stereocenters. The van der Waals surface area contributed by atoms with Crippen LogP contribution in [0.25, 0.3) is 21.5 Å². The molecule has 0 saturated heterocycles. The van der Waals surface area contributed by atoms with Gasteiger partial charge in [0.15, 0.2) is 11.2 Å². The van der Waals surface area contributed by atoms with Crippen molar-refractivity contribution in [1.29, 1.82) is 0 Å². The van der Waals surface area contributed by atoms with Gasteiger partial charge in [-0.3, -0.25) is 14.3 Å². The van der Waals surface area contributed by atoms with Crippen LogP contribution in [-0.4, -0.2) is 47.7 Å². The van der Waals surface area contributed by atoms with Crippen molar-refractivity contribution in [2.24, 2.45) is 0 Å². The van der Waals surface area contributed by atoms with Crippen molar-refractivity contribution in [3.63, 3.8) is 0 Å². The van der Waals surface area contributed by atoms with Gasteiger partial charge in [-0.05, 0) is 6.26 Å². The maximum atomic E-state index is 12.0. The first-order valence-electron chi connectivity index (χ1n) is 6.61. The Morgan fingerprint density at radius 1 is 1.36 bits per heavy atom. The van der Waals surface area contributed by atoms with E-state index in [2.05, 4.69) is 24.5 Å². The van der Waals surface area contributed by atoms with Crippen LogP contribution in [0.5, 0.6) is 0 Å². The number of nitrogens with two attached hydrogens (primary N) is 1. The Hall–Kier alpha value is -1.60. The summed E-state index contributed by atoms with van der Waals surface area (Å²) in [5.74, 6) is -0.0944. The lowest BCUT2D eigenvalue weighted by molar-refractivity contribution is 0.0860. The van der Waals surface area contributed by atoms with Gasteiger partial charge in [0.25, 0.3) is 5.56 Å². The van der Waals surface area contributed by atoms with E-state index >= 15 is 0 Å². The smallest absolute Gasteiger partial charge is 0.385 e. The van der Waals surface area contributed by atoms with Gasteiger partial charge in [-0.1, -0.05) is 0 Å². The van der Waals surface area contributed by atoms with Crippen molar-refractivity contribution >= 4 is 58.4 Å². The highest BCUT2D eigenvalue weighted by Crippen LogP contribution is 2.42. The fourth-order valence-corrected chi connectivity index (χ4v) is 4.53. The van der Waals surface area contributed by atoms with Gasteiger partial charge < -0.3 is 20.6 Å². The van der Waals surface area contributed by atoms with Gasteiger partial charge in [-0.25, -0.2) is 14.5 Å². The van der Waals surface area contributed by atoms with Crippen LogP contribution in [0, 0.1) is 0 Å². The zero-order valence-electron chi connectivity index (χ0n) is 12.5. The van der Waals surface area contributed by atoms with E-state index in [0.29, 0.717) is 20.1 Å². The number of anilines is 1. The minimum atomic E-state index is -4.71. The van der Waals surface area contributed by atoms with Crippen LogP contribution in [-0.2, 0) is 9.09 Å². The summed E-state index contributed by atoms with van der Waals surface area (Å²) in [5, 5.41) is 10.2. The number of aliphatic hydroxyl groups excluding tert-OH is 1. The molecule has 0 aliphatic carbocycles. The van der Waals surface area contributed by atoms with Gasteiger partial charge in [0.2, 0.25) is 5.95 Å². The largest absolute Gasteiger partial charge is 0.469 e. The summed E-state index contributed by atoms with van der Waals surface area (Å²) < 4.78 is 15.1. The second kappa shape index (κ2) is 6.61. The van der Waals surface area contributed by atoms with E-state index in [0.717, 1.165) is 11.3 Å². The number of fused-ring (bicyclic) bond motifs is 2. The predicted molar refractivity (Wildman–Crippen MR) is 92.5 cm³/mol. The summed E-state index contributed by atoms with van der Waals surface area (Å²) in [5.41, 5.74) is 5.40. The molecule has 0 fully saturated rings. The van der Waals surface area contributed by atoms with E-state index < -0.39 is 26.1 Å². The highest BCUT2D eigenvalue weighted by Gasteiger charge is 2.24. The number of H-pyrrole nitrogens is 1. The lowest BCUT2D eigenvalue weighted by Gasteiger charge is -2.11. The van der Waals surface area contributed by atoms with Crippen molar-refractivity contribution in [3.05, 3.63) is 15.2 Å². The Morgan fingerprint density at radius 3 is 2.72 bits per heavy atom. The Labute approximate surface area is 147 Å². The standard InChI is InChI=1S/C11H12N5O6PS2/c1-24-7-4-10(25-6(7)3(17)2-22-23(19,20)21)14-8-5(13-4)9(18)16-11(12)15-8/h3,17H,2H2,1H3,(H2,19,20,21)(H3,12,14,15,16,18). The number of thioether (sulfide) groups is 1. The average Bonchev–Trinajstić information content (AvgIpc) is 2.87. The molecule has 0 spiro atoms. The topological polar surface area (TPSA) is 185 Å². The zero-order chi connectivity index (χ0) is 18.4. The van der Waals surface area contributed by atoms with Crippen LogP contribution in [0.3, 0.4) is 0 Å². The van der Waals surface area contributed by atoms with Crippen molar-refractivity contribution in [1.82, 2.24) is 19.9 Å². The molecule has 0 aliphatic heterocycles. The fraction of sp³-hybridized carbons (Fsp3) is 0.273. The van der Waals surface area contributed by atoms with Crippen LogP contribution < -0.4 is 11.3 Å². The number of phosphoric ester groups is 1. The summed E-state index contributed by atoms with van der Waals surface area (Å²) >= 11 is 2.32. The van der Waals surface area contributed by atoms with E-state index in [9.17, 15) is 14.5 Å². The lowest BCUT2D eigenvalue weighted by Crippen LogP contribution is -2.13. The Bertz CT molecular complexity index is 1060. The molecule has 11 nitrogen and oxygen atoms in total. The van der Waals surface area contributed by atoms with Gasteiger partial charge >= 0.3 is 7.82 Å². The number of aromatic amines is 1. The summed E-state index contributed by atoms with van der Waals surface area (Å²) in [4.78, 5) is 45.5. The minimum absolute atomic E-state index is 0.00214. The van der Waals surface area contributed by atoms with Gasteiger partial charge in [0.1, 0.15) is 16.5 Å². The zero-order valence-corrected chi connectivity index (χ0v) is 15.1. The van der Waals surface area contributed by atoms with Crippen LogP contribution in [0.4, 0.5) is 5.95 Å². The molecule has 1 atom stereocenters. The molecule has 3 heterocycles. The number of nitrogens with zero attached hydrogens (tertiary/aromatic N) is 3. The lowest BCUT2D eigenvalue weighted by atomic mass is 10.3.